The minimum Gasteiger partial charge on any atom is -0.508 e. The van der Waals surface area contributed by atoms with Gasteiger partial charge in [-0.3, -0.25) is 28.8 Å². The maximum absolute atomic E-state index is 13.9. The molecule has 1 aromatic carbocycles. The maximum Gasteiger partial charge on any atom is 0.243 e. The first kappa shape index (κ1) is 42.1. The van der Waals surface area contributed by atoms with Crippen LogP contribution in [0.4, 0.5) is 0 Å². The first-order valence-corrected chi connectivity index (χ1v) is 17.9. The van der Waals surface area contributed by atoms with Gasteiger partial charge >= 0.3 is 0 Å². The molecule has 1 aromatic rings. The number of nitrogens with two attached hydrogens (primary N) is 2. The van der Waals surface area contributed by atoms with Crippen molar-refractivity contribution in [3.63, 3.8) is 0 Å². The summed E-state index contributed by atoms with van der Waals surface area (Å²) >= 11 is 0. The van der Waals surface area contributed by atoms with Crippen molar-refractivity contribution in [1.29, 1.82) is 0 Å². The van der Waals surface area contributed by atoms with E-state index in [9.17, 15) is 33.9 Å². The van der Waals surface area contributed by atoms with E-state index < -0.39 is 47.8 Å². The van der Waals surface area contributed by atoms with Crippen LogP contribution in [0.2, 0.25) is 0 Å². The Kier molecular flexibility index (Phi) is 19.0. The molecule has 50 heavy (non-hydrogen) atoms. The van der Waals surface area contributed by atoms with Crippen molar-refractivity contribution < 1.29 is 33.9 Å². The molecule has 1 aliphatic rings. The van der Waals surface area contributed by atoms with E-state index in [1.807, 2.05) is 13.8 Å². The second kappa shape index (κ2) is 22.6. The van der Waals surface area contributed by atoms with Crippen LogP contribution in [0.3, 0.4) is 0 Å². The molecule has 0 unspecified atom stereocenters. The molecule has 13 nitrogen and oxygen atoms in total. The van der Waals surface area contributed by atoms with Gasteiger partial charge in [-0.05, 0) is 108 Å². The van der Waals surface area contributed by atoms with E-state index in [-0.39, 0.29) is 61.2 Å². The number of rotatable bonds is 18. The number of aromatic hydroxyl groups is 1. The summed E-state index contributed by atoms with van der Waals surface area (Å²) in [6.07, 6.45) is 7.57. The Morgan fingerprint density at radius 1 is 0.880 bits per heavy atom. The Bertz CT molecular complexity index is 1300. The average molecular weight is 699 g/mol. The van der Waals surface area contributed by atoms with Gasteiger partial charge in [0.15, 0.2) is 5.78 Å². The Morgan fingerprint density at radius 3 is 2.06 bits per heavy atom. The lowest BCUT2D eigenvalue weighted by Gasteiger charge is -2.27. The smallest absolute Gasteiger partial charge is 0.243 e. The topological polar surface area (TPSA) is 223 Å². The zero-order chi connectivity index (χ0) is 37.1. The highest BCUT2D eigenvalue weighted by atomic mass is 16.3. The summed E-state index contributed by atoms with van der Waals surface area (Å²) in [4.78, 5) is 80.0. The van der Waals surface area contributed by atoms with Crippen LogP contribution in [-0.4, -0.2) is 77.6 Å². The summed E-state index contributed by atoms with van der Waals surface area (Å²) in [6.45, 7) is 6.24. The third-order valence-electron chi connectivity index (χ3n) is 8.75. The molecule has 0 fully saturated rings. The van der Waals surface area contributed by atoms with Crippen LogP contribution < -0.4 is 32.7 Å². The molecule has 0 bridgehead atoms. The number of nitrogens with one attached hydrogen (secondary N) is 4. The monoisotopic (exact) mass is 698 g/mol. The molecular formula is C37H58N6O7. The molecule has 13 heteroatoms. The van der Waals surface area contributed by atoms with Gasteiger partial charge in [-0.15, -0.1) is 0 Å². The second-order valence-electron chi connectivity index (χ2n) is 13.6. The number of ketones is 2. The number of unbranched alkanes of at least 4 members (excludes halogenated alkanes) is 2. The van der Waals surface area contributed by atoms with Crippen molar-refractivity contribution in [3.05, 3.63) is 42.0 Å². The summed E-state index contributed by atoms with van der Waals surface area (Å²) in [7, 11) is 0. The van der Waals surface area contributed by atoms with Crippen LogP contribution >= 0.6 is 0 Å². The van der Waals surface area contributed by atoms with Crippen molar-refractivity contribution in [3.8, 4) is 5.75 Å². The Morgan fingerprint density at radius 2 is 1.48 bits per heavy atom. The van der Waals surface area contributed by atoms with Gasteiger partial charge in [0, 0.05) is 18.8 Å². The van der Waals surface area contributed by atoms with Crippen LogP contribution in [0.1, 0.15) is 97.0 Å². The Labute approximate surface area is 296 Å². The van der Waals surface area contributed by atoms with E-state index in [1.54, 1.807) is 24.3 Å². The van der Waals surface area contributed by atoms with E-state index in [0.29, 0.717) is 63.6 Å². The molecule has 5 atom stereocenters. The number of allylic oxidation sites excluding steroid dienone is 1. The maximum atomic E-state index is 13.9. The molecule has 1 heterocycles. The lowest BCUT2D eigenvalue weighted by molar-refractivity contribution is -0.135. The highest BCUT2D eigenvalue weighted by molar-refractivity contribution is 5.96. The van der Waals surface area contributed by atoms with E-state index in [4.69, 9.17) is 11.5 Å². The molecule has 0 saturated heterocycles. The highest BCUT2D eigenvalue weighted by Crippen LogP contribution is 2.20. The minimum atomic E-state index is -1.11. The van der Waals surface area contributed by atoms with Crippen LogP contribution in [0, 0.1) is 11.8 Å². The van der Waals surface area contributed by atoms with Gasteiger partial charge in [-0.1, -0.05) is 38.1 Å². The molecule has 9 N–H and O–H groups in total. The van der Waals surface area contributed by atoms with Crippen LogP contribution in [0.5, 0.6) is 5.75 Å². The van der Waals surface area contributed by atoms with Crippen molar-refractivity contribution in [2.45, 2.75) is 122 Å². The van der Waals surface area contributed by atoms with Crippen molar-refractivity contribution in [2.75, 3.05) is 13.1 Å². The van der Waals surface area contributed by atoms with Gasteiger partial charge in [0.2, 0.25) is 23.6 Å². The normalized spacial score (nSPS) is 20.2. The predicted octanol–water partition coefficient (Wildman–Crippen LogP) is 2.08. The molecule has 0 aliphatic carbocycles. The van der Waals surface area contributed by atoms with Crippen molar-refractivity contribution in [1.82, 2.24) is 21.3 Å². The Hall–Kier alpha value is -4.10. The fourth-order valence-corrected chi connectivity index (χ4v) is 5.86. The molecule has 278 valence electrons. The highest BCUT2D eigenvalue weighted by Gasteiger charge is 2.32. The van der Waals surface area contributed by atoms with Crippen molar-refractivity contribution >= 4 is 35.2 Å². The summed E-state index contributed by atoms with van der Waals surface area (Å²) < 4.78 is 0. The summed E-state index contributed by atoms with van der Waals surface area (Å²) in [5, 5.41) is 21.0. The van der Waals surface area contributed by atoms with Gasteiger partial charge in [0.05, 0.1) is 6.04 Å². The number of phenols is 1. The number of phenolic OH excluding ortho intramolecular Hbond substituents is 1. The molecule has 0 radical (unpaired) electrons. The molecule has 0 aromatic heterocycles. The zero-order valence-electron chi connectivity index (χ0n) is 29.9. The lowest BCUT2D eigenvalue weighted by atomic mass is 9.87. The number of carbonyl (C=O) groups is 6. The number of hydrogen-bond donors (Lipinski definition) is 7. The standard InChI is InChI=1S/C37H58N6O7/c1-24(2)21-27(25(3)44)23-33(46)32(22-26-15-17-28(45)18-16-26)43-37(50)30-11-5-4-6-14-34(47)40-29(12-7-9-19-38)35(48)41-31(36(49)42-30)13-8-10-20-39/h4-5,15-18,24,27,29-32,45H,6-14,19-23,38-39H2,1-3H3,(H,40,47)(H,41,48)(H,42,49)(H,43,50)/t27-,29+,30+,31+,32+/m1/s1. The van der Waals surface area contributed by atoms with Crippen LogP contribution in [0.25, 0.3) is 0 Å². The van der Waals surface area contributed by atoms with E-state index in [0.717, 1.165) is 0 Å². The second-order valence-corrected chi connectivity index (χ2v) is 13.6. The molecule has 1 aliphatic heterocycles. The number of amides is 4. The molecule has 0 spiro atoms. The average Bonchev–Trinajstić information content (AvgIpc) is 3.06. The molecule has 2 rings (SSSR count). The molecule has 4 amide bonds. The summed E-state index contributed by atoms with van der Waals surface area (Å²) in [6, 6.07) is 2.28. The number of carbonyl (C=O) groups excluding carboxylic acids is 6. The molecular weight excluding hydrogens is 640 g/mol. The summed E-state index contributed by atoms with van der Waals surface area (Å²) in [5.74, 6) is -2.71. The number of Topliss-reactive ketones (excluding diaryl/α,β-unsaturated/α-hetero) is 2. The Balaban J connectivity index is 2.39. The first-order chi connectivity index (χ1) is 23.8. The van der Waals surface area contributed by atoms with E-state index in [2.05, 4.69) is 21.3 Å². The minimum absolute atomic E-state index is 0.0518. The lowest BCUT2D eigenvalue weighted by Crippen LogP contribution is -2.58. The van der Waals surface area contributed by atoms with Crippen LogP contribution in [0.15, 0.2) is 36.4 Å². The third kappa shape index (κ3) is 15.6. The quantitative estimate of drug-likeness (QED) is 0.0880. The molecule has 0 saturated carbocycles. The van der Waals surface area contributed by atoms with Gasteiger partial charge in [0.25, 0.3) is 0 Å². The van der Waals surface area contributed by atoms with Gasteiger partial charge in [0.1, 0.15) is 29.7 Å². The van der Waals surface area contributed by atoms with Gasteiger partial charge < -0.3 is 37.8 Å². The van der Waals surface area contributed by atoms with Crippen LogP contribution in [-0.2, 0) is 35.2 Å². The third-order valence-corrected chi connectivity index (χ3v) is 8.75. The number of benzene rings is 1. The SMILES string of the molecule is CC(=O)[C@@H](CC(=O)[C@H](Cc1ccc(O)cc1)NC(=O)[C@@H]1CC=CCCC(=O)N[C@@H](CCCCN)C(=O)N[C@@H](CCCCN)C(=O)N1)CC(C)C. The fourth-order valence-electron chi connectivity index (χ4n) is 5.86. The number of hydrogen-bond acceptors (Lipinski definition) is 9. The fraction of sp³-hybridized carbons (Fsp3) is 0.622. The first-order valence-electron chi connectivity index (χ1n) is 17.9. The zero-order valence-corrected chi connectivity index (χ0v) is 29.9. The van der Waals surface area contributed by atoms with Gasteiger partial charge in [-0.25, -0.2) is 0 Å². The van der Waals surface area contributed by atoms with Gasteiger partial charge in [-0.2, -0.15) is 0 Å². The van der Waals surface area contributed by atoms with E-state index >= 15 is 0 Å². The summed E-state index contributed by atoms with van der Waals surface area (Å²) in [5.41, 5.74) is 12.0. The predicted molar refractivity (Wildman–Crippen MR) is 192 cm³/mol. The van der Waals surface area contributed by atoms with E-state index in [1.165, 1.54) is 19.1 Å². The largest absolute Gasteiger partial charge is 0.508 e. The van der Waals surface area contributed by atoms with Crippen molar-refractivity contribution in [2.24, 2.45) is 23.3 Å².